The van der Waals surface area contributed by atoms with E-state index in [0.717, 1.165) is 6.42 Å². The highest BCUT2D eigenvalue weighted by Gasteiger charge is 2.33. The average Bonchev–Trinajstić information content (AvgIpc) is 2.29. The molecule has 2 heteroatoms. The third-order valence-electron chi connectivity index (χ3n) is 3.66. The summed E-state index contributed by atoms with van der Waals surface area (Å²) in [6, 6.07) is 11.1. The third-order valence-corrected chi connectivity index (χ3v) is 7.29. The van der Waals surface area contributed by atoms with Gasteiger partial charge >= 0.3 is 0 Å². The van der Waals surface area contributed by atoms with Crippen LogP contribution in [0.5, 0.6) is 0 Å². The first-order chi connectivity index (χ1) is 7.69. The first-order valence-electron chi connectivity index (χ1n) is 5.71. The fraction of sp³-hybridized carbons (Fsp3) is 0.214. The van der Waals surface area contributed by atoms with Crippen LogP contribution < -0.4 is 10.4 Å². The number of hydrogen-bond donors (Lipinski definition) is 0. The summed E-state index contributed by atoms with van der Waals surface area (Å²) >= 11 is 0. The van der Waals surface area contributed by atoms with Crippen molar-refractivity contribution in [3.8, 4) is 0 Å². The van der Waals surface area contributed by atoms with E-state index in [4.69, 9.17) is 0 Å². The van der Waals surface area contributed by atoms with Crippen LogP contribution in [0.15, 0.2) is 42.7 Å². The molecular formula is C14H15NSi. The molecule has 0 spiro atoms. The van der Waals surface area contributed by atoms with Gasteiger partial charge in [-0.1, -0.05) is 42.5 Å². The zero-order valence-electron chi connectivity index (χ0n) is 9.70. The molecule has 0 amide bonds. The Morgan fingerprint density at radius 2 is 1.75 bits per heavy atom. The lowest BCUT2D eigenvalue weighted by Crippen LogP contribution is -2.58. The second-order valence-corrected chi connectivity index (χ2v) is 9.32. The Bertz CT molecular complexity index is 498. The van der Waals surface area contributed by atoms with E-state index in [0.29, 0.717) is 0 Å². The van der Waals surface area contributed by atoms with Crippen molar-refractivity contribution in [2.75, 3.05) is 0 Å². The minimum atomic E-state index is -1.49. The molecule has 80 valence electrons. The van der Waals surface area contributed by atoms with Crippen LogP contribution in [0.3, 0.4) is 0 Å². The van der Waals surface area contributed by atoms with Crippen molar-refractivity contribution in [2.24, 2.45) is 0 Å². The van der Waals surface area contributed by atoms with Gasteiger partial charge in [0.15, 0.2) is 0 Å². The van der Waals surface area contributed by atoms with E-state index >= 15 is 0 Å². The van der Waals surface area contributed by atoms with Crippen LogP contribution in [0, 0.1) is 0 Å². The van der Waals surface area contributed by atoms with Crippen molar-refractivity contribution in [1.29, 1.82) is 0 Å². The van der Waals surface area contributed by atoms with Gasteiger partial charge in [0, 0.05) is 12.4 Å². The average molecular weight is 225 g/mol. The van der Waals surface area contributed by atoms with Crippen molar-refractivity contribution in [2.45, 2.75) is 19.5 Å². The second kappa shape index (κ2) is 3.29. The highest BCUT2D eigenvalue weighted by Crippen LogP contribution is 2.18. The van der Waals surface area contributed by atoms with Gasteiger partial charge in [-0.05, 0) is 28.8 Å². The zero-order valence-corrected chi connectivity index (χ0v) is 10.7. The molecule has 0 saturated heterocycles. The Kier molecular flexibility index (Phi) is 2.01. The summed E-state index contributed by atoms with van der Waals surface area (Å²) in [6.07, 6.45) is 5.07. The largest absolute Gasteiger partial charge is 0.265 e. The SMILES string of the molecule is C[Si]1(C)c2ccccc2Cc2ccncc21. The fourth-order valence-corrected chi connectivity index (χ4v) is 5.92. The van der Waals surface area contributed by atoms with E-state index in [9.17, 15) is 0 Å². The lowest BCUT2D eigenvalue weighted by atomic mass is 10.1. The smallest absolute Gasteiger partial charge is 0.114 e. The minimum absolute atomic E-state index is 1.07. The van der Waals surface area contributed by atoms with E-state index in [-0.39, 0.29) is 0 Å². The molecule has 3 rings (SSSR count). The number of pyridine rings is 1. The Morgan fingerprint density at radius 3 is 2.62 bits per heavy atom. The van der Waals surface area contributed by atoms with Crippen LogP contribution in [0.25, 0.3) is 0 Å². The normalized spacial score (nSPS) is 16.4. The standard InChI is InChI=1S/C14H15NSi/c1-16(2)13-6-4-3-5-11(13)9-12-7-8-15-10-14(12)16/h3-8,10H,9H2,1-2H3. The van der Waals surface area contributed by atoms with E-state index in [1.807, 2.05) is 6.20 Å². The molecule has 0 unspecified atom stereocenters. The lowest BCUT2D eigenvalue weighted by molar-refractivity contribution is 1.17. The van der Waals surface area contributed by atoms with Crippen LogP contribution in [-0.2, 0) is 6.42 Å². The fourth-order valence-electron chi connectivity index (χ4n) is 2.77. The van der Waals surface area contributed by atoms with Crippen LogP contribution in [-0.4, -0.2) is 13.1 Å². The first kappa shape index (κ1) is 9.79. The molecule has 0 N–H and O–H groups in total. The van der Waals surface area contributed by atoms with Gasteiger partial charge in [-0.3, -0.25) is 4.98 Å². The third kappa shape index (κ3) is 1.26. The molecule has 0 saturated carbocycles. The quantitative estimate of drug-likeness (QED) is 0.623. The van der Waals surface area contributed by atoms with Crippen molar-refractivity contribution >= 4 is 18.4 Å². The molecule has 1 aliphatic rings. The summed E-state index contributed by atoms with van der Waals surface area (Å²) in [4.78, 5) is 4.30. The first-order valence-corrected chi connectivity index (χ1v) is 8.71. The molecule has 2 heterocycles. The number of nitrogens with zero attached hydrogens (tertiary/aromatic N) is 1. The molecular weight excluding hydrogens is 210 g/mol. The second-order valence-electron chi connectivity index (χ2n) is 4.99. The monoisotopic (exact) mass is 225 g/mol. The molecule has 1 aliphatic heterocycles. The van der Waals surface area contributed by atoms with Gasteiger partial charge in [0.25, 0.3) is 0 Å². The van der Waals surface area contributed by atoms with Gasteiger partial charge in [0.05, 0.1) is 0 Å². The van der Waals surface area contributed by atoms with Gasteiger partial charge in [-0.15, -0.1) is 0 Å². The topological polar surface area (TPSA) is 12.9 Å². The summed E-state index contributed by atoms with van der Waals surface area (Å²) in [6.45, 7) is 4.84. The molecule has 0 aliphatic carbocycles. The number of fused-ring (bicyclic) bond motifs is 2. The Hall–Kier alpha value is -1.41. The maximum absolute atomic E-state index is 4.30. The van der Waals surface area contributed by atoms with Crippen molar-refractivity contribution in [3.05, 3.63) is 53.9 Å². The summed E-state index contributed by atoms with van der Waals surface area (Å²) in [5, 5.41) is 3.09. The van der Waals surface area contributed by atoms with E-state index in [1.54, 1.807) is 5.19 Å². The summed E-state index contributed by atoms with van der Waals surface area (Å²) in [7, 11) is -1.49. The molecule has 0 atom stereocenters. The Balaban J connectivity index is 2.28. The number of rotatable bonds is 0. The highest BCUT2D eigenvalue weighted by atomic mass is 28.3. The highest BCUT2D eigenvalue weighted by molar-refractivity contribution is 7.01. The van der Waals surface area contributed by atoms with Crippen LogP contribution in [0.4, 0.5) is 0 Å². The lowest BCUT2D eigenvalue weighted by Gasteiger charge is -2.32. The van der Waals surface area contributed by atoms with Gasteiger partial charge < -0.3 is 0 Å². The van der Waals surface area contributed by atoms with Gasteiger partial charge in [-0.2, -0.15) is 0 Å². The molecule has 1 aromatic carbocycles. The van der Waals surface area contributed by atoms with Crippen LogP contribution in [0.2, 0.25) is 13.1 Å². The van der Waals surface area contributed by atoms with E-state index in [2.05, 4.69) is 54.6 Å². The number of benzene rings is 1. The van der Waals surface area contributed by atoms with Crippen molar-refractivity contribution in [1.82, 2.24) is 4.98 Å². The van der Waals surface area contributed by atoms with Crippen LogP contribution >= 0.6 is 0 Å². The molecule has 0 radical (unpaired) electrons. The van der Waals surface area contributed by atoms with Gasteiger partial charge in [0.2, 0.25) is 0 Å². The van der Waals surface area contributed by atoms with Crippen LogP contribution in [0.1, 0.15) is 11.1 Å². The van der Waals surface area contributed by atoms with Gasteiger partial charge in [0.1, 0.15) is 8.07 Å². The molecule has 0 bridgehead atoms. The predicted molar refractivity (Wildman–Crippen MR) is 70.2 cm³/mol. The summed E-state index contributed by atoms with van der Waals surface area (Å²) in [5.74, 6) is 0. The number of hydrogen-bond acceptors (Lipinski definition) is 1. The molecule has 1 nitrogen and oxygen atoms in total. The molecule has 2 aromatic rings. The van der Waals surface area contributed by atoms with Crippen molar-refractivity contribution in [3.63, 3.8) is 0 Å². The predicted octanol–water partition coefficient (Wildman–Crippen LogP) is 1.81. The van der Waals surface area contributed by atoms with Crippen molar-refractivity contribution < 1.29 is 0 Å². The zero-order chi connectivity index (χ0) is 11.2. The molecule has 16 heavy (non-hydrogen) atoms. The molecule has 1 aromatic heterocycles. The maximum atomic E-state index is 4.30. The summed E-state index contributed by atoms with van der Waals surface area (Å²) < 4.78 is 0. The van der Waals surface area contributed by atoms with Gasteiger partial charge in [-0.25, -0.2) is 0 Å². The summed E-state index contributed by atoms with van der Waals surface area (Å²) in [5.41, 5.74) is 2.99. The maximum Gasteiger partial charge on any atom is 0.114 e. The Labute approximate surface area is 97.2 Å². The van der Waals surface area contributed by atoms with E-state index in [1.165, 1.54) is 16.3 Å². The Morgan fingerprint density at radius 1 is 1.00 bits per heavy atom. The van der Waals surface area contributed by atoms with E-state index < -0.39 is 8.07 Å². The molecule has 0 fully saturated rings. The minimum Gasteiger partial charge on any atom is -0.265 e. The number of aromatic nitrogens is 1.